The Morgan fingerprint density at radius 1 is 1.28 bits per heavy atom. The average Bonchev–Trinajstić information content (AvgIpc) is 2.56. The summed E-state index contributed by atoms with van der Waals surface area (Å²) in [5.41, 5.74) is 1.48. The largest absolute Gasteiger partial charge is 0.396 e. The Hall–Kier alpha value is -1.60. The second kappa shape index (κ2) is 9.20. The van der Waals surface area contributed by atoms with Crippen molar-refractivity contribution in [2.75, 3.05) is 26.0 Å². The van der Waals surface area contributed by atoms with Gasteiger partial charge in [-0.05, 0) is 37.5 Å². The van der Waals surface area contributed by atoms with Gasteiger partial charge in [0.05, 0.1) is 18.0 Å². The van der Waals surface area contributed by atoms with Crippen molar-refractivity contribution in [2.24, 2.45) is 10.4 Å². The van der Waals surface area contributed by atoms with Gasteiger partial charge in [0.1, 0.15) is 0 Å². The normalized spacial score (nSPS) is 14.9. The van der Waals surface area contributed by atoms with Crippen LogP contribution < -0.4 is 10.6 Å². The maximum Gasteiger partial charge on any atom is 0.191 e. The number of benzene rings is 1. The molecule has 25 heavy (non-hydrogen) atoms. The van der Waals surface area contributed by atoms with E-state index in [-0.39, 0.29) is 12.0 Å². The maximum atomic E-state index is 11.7. The number of aliphatic imine (C=N–C) groups is 1. The molecule has 1 rings (SSSR count). The molecule has 0 amide bonds. The molecule has 0 bridgehead atoms. The molecule has 6 nitrogen and oxygen atoms in total. The molecule has 3 N–H and O–H groups in total. The first-order valence-corrected chi connectivity index (χ1v) is 10.5. The highest BCUT2D eigenvalue weighted by molar-refractivity contribution is 7.90. The highest BCUT2D eigenvalue weighted by Crippen LogP contribution is 2.19. The number of hydrogen-bond acceptors (Lipinski definition) is 4. The van der Waals surface area contributed by atoms with E-state index >= 15 is 0 Å². The number of guanidine groups is 1. The second-order valence-corrected chi connectivity index (χ2v) is 8.73. The van der Waals surface area contributed by atoms with E-state index in [2.05, 4.69) is 15.6 Å². The zero-order chi connectivity index (χ0) is 19.1. The number of sulfone groups is 1. The molecule has 0 spiro atoms. The Morgan fingerprint density at radius 2 is 1.96 bits per heavy atom. The van der Waals surface area contributed by atoms with Gasteiger partial charge in [0.25, 0.3) is 0 Å². The van der Waals surface area contributed by atoms with Crippen molar-refractivity contribution in [1.82, 2.24) is 10.6 Å². The van der Waals surface area contributed by atoms with E-state index in [1.54, 1.807) is 19.1 Å². The Bertz CT molecular complexity index is 696. The fourth-order valence-corrected chi connectivity index (χ4v) is 3.29. The summed E-state index contributed by atoms with van der Waals surface area (Å²) in [6, 6.07) is 5.28. The summed E-state index contributed by atoms with van der Waals surface area (Å²) in [4.78, 5) is 4.91. The van der Waals surface area contributed by atoms with Crippen molar-refractivity contribution in [3.8, 4) is 0 Å². The molecule has 0 radical (unpaired) electrons. The number of aryl methyl sites for hydroxylation is 1. The quantitative estimate of drug-likeness (QED) is 0.481. The minimum Gasteiger partial charge on any atom is -0.396 e. The third-order valence-corrected chi connectivity index (χ3v) is 5.58. The van der Waals surface area contributed by atoms with Crippen LogP contribution in [0, 0.1) is 12.3 Å². The molecule has 142 valence electrons. The van der Waals surface area contributed by atoms with Crippen LogP contribution in [-0.4, -0.2) is 45.4 Å². The van der Waals surface area contributed by atoms with Gasteiger partial charge in [-0.3, -0.25) is 0 Å². The lowest BCUT2D eigenvalue weighted by atomic mass is 9.89. The zero-order valence-corrected chi connectivity index (χ0v) is 16.7. The first kappa shape index (κ1) is 21.4. The summed E-state index contributed by atoms with van der Waals surface area (Å²) in [7, 11) is -3.21. The Kier molecular flexibility index (Phi) is 7.89. The molecule has 0 saturated carbocycles. The molecule has 0 saturated heterocycles. The van der Waals surface area contributed by atoms with Gasteiger partial charge in [-0.15, -0.1) is 0 Å². The van der Waals surface area contributed by atoms with Crippen LogP contribution in [0.15, 0.2) is 28.1 Å². The molecule has 0 heterocycles. The molecule has 1 atom stereocenters. The molecule has 0 aromatic heterocycles. The van der Waals surface area contributed by atoms with Crippen LogP contribution in [-0.2, 0) is 16.4 Å². The molecular formula is C18H31N3O3S. The lowest BCUT2D eigenvalue weighted by molar-refractivity contribution is 0.140. The molecule has 0 fully saturated rings. The molecule has 0 aliphatic rings. The summed E-state index contributed by atoms with van der Waals surface area (Å²) in [6.45, 7) is 9.78. The summed E-state index contributed by atoms with van der Waals surface area (Å²) in [5, 5.41) is 16.0. The number of aliphatic hydroxyl groups excluding tert-OH is 1. The molecular weight excluding hydrogens is 338 g/mol. The highest BCUT2D eigenvalue weighted by atomic mass is 32.2. The highest BCUT2D eigenvalue weighted by Gasteiger charge is 2.21. The first-order valence-electron chi connectivity index (χ1n) is 8.58. The van der Waals surface area contributed by atoms with Crippen molar-refractivity contribution in [2.45, 2.75) is 45.6 Å². The van der Waals surface area contributed by atoms with E-state index < -0.39 is 9.84 Å². The number of aliphatic hydroxyl groups is 1. The van der Waals surface area contributed by atoms with Gasteiger partial charge in [-0.1, -0.05) is 26.0 Å². The molecule has 0 aliphatic heterocycles. The van der Waals surface area contributed by atoms with Gasteiger partial charge in [-0.2, -0.15) is 0 Å². The van der Waals surface area contributed by atoms with Crippen LogP contribution in [0.5, 0.6) is 0 Å². The van der Waals surface area contributed by atoms with Crippen molar-refractivity contribution < 1.29 is 13.5 Å². The minimum absolute atomic E-state index is 0.113. The van der Waals surface area contributed by atoms with Crippen LogP contribution >= 0.6 is 0 Å². The third-order valence-electron chi connectivity index (χ3n) is 4.32. The van der Waals surface area contributed by atoms with E-state index in [0.29, 0.717) is 23.9 Å². The minimum atomic E-state index is -3.21. The lowest BCUT2D eigenvalue weighted by Gasteiger charge is -2.26. The van der Waals surface area contributed by atoms with E-state index in [4.69, 9.17) is 0 Å². The predicted molar refractivity (Wildman–Crippen MR) is 103 cm³/mol. The number of rotatable bonds is 8. The van der Waals surface area contributed by atoms with E-state index in [1.165, 1.54) is 6.26 Å². The summed E-state index contributed by atoms with van der Waals surface area (Å²) in [5.74, 6) is 0.681. The standard InChI is InChI=1S/C18H31N3O3S/c1-6-18(4,13-22)12-21-17(19-7-2)20-11-15-8-9-16(14(3)10-15)25(5,23)24/h8-10,22H,6-7,11-13H2,1-5H3,(H2,19,20,21). The first-order chi connectivity index (χ1) is 11.6. The summed E-state index contributed by atoms with van der Waals surface area (Å²) >= 11 is 0. The smallest absolute Gasteiger partial charge is 0.191 e. The topological polar surface area (TPSA) is 90.8 Å². The van der Waals surface area contributed by atoms with Gasteiger partial charge in [-0.25, -0.2) is 13.4 Å². The Morgan fingerprint density at radius 3 is 2.44 bits per heavy atom. The SMILES string of the molecule is CCNC(=NCc1ccc(S(C)(=O)=O)c(C)c1)NCC(C)(CC)CO. The van der Waals surface area contributed by atoms with Crippen LogP contribution in [0.4, 0.5) is 0 Å². The van der Waals surface area contributed by atoms with Crippen LogP contribution in [0.1, 0.15) is 38.3 Å². The van der Waals surface area contributed by atoms with Gasteiger partial charge >= 0.3 is 0 Å². The van der Waals surface area contributed by atoms with Crippen LogP contribution in [0.2, 0.25) is 0 Å². The van der Waals surface area contributed by atoms with Crippen molar-refractivity contribution in [3.05, 3.63) is 29.3 Å². The zero-order valence-electron chi connectivity index (χ0n) is 15.9. The van der Waals surface area contributed by atoms with Gasteiger partial charge in [0.15, 0.2) is 15.8 Å². The fourth-order valence-electron chi connectivity index (χ4n) is 2.33. The summed E-state index contributed by atoms with van der Waals surface area (Å²) < 4.78 is 23.4. The van der Waals surface area contributed by atoms with E-state index in [0.717, 1.165) is 24.1 Å². The maximum absolute atomic E-state index is 11.7. The number of nitrogens with zero attached hydrogens (tertiary/aromatic N) is 1. The van der Waals surface area contributed by atoms with Crippen molar-refractivity contribution >= 4 is 15.8 Å². The van der Waals surface area contributed by atoms with Crippen LogP contribution in [0.3, 0.4) is 0 Å². The van der Waals surface area contributed by atoms with Crippen molar-refractivity contribution in [1.29, 1.82) is 0 Å². The molecule has 7 heteroatoms. The molecule has 1 unspecified atom stereocenters. The molecule has 1 aromatic carbocycles. The lowest BCUT2D eigenvalue weighted by Crippen LogP contribution is -2.43. The van der Waals surface area contributed by atoms with Gasteiger partial charge in [0.2, 0.25) is 0 Å². The van der Waals surface area contributed by atoms with Gasteiger partial charge < -0.3 is 15.7 Å². The Labute approximate surface area is 151 Å². The van der Waals surface area contributed by atoms with E-state index in [9.17, 15) is 13.5 Å². The fraction of sp³-hybridized carbons (Fsp3) is 0.611. The number of nitrogens with one attached hydrogen (secondary N) is 2. The third kappa shape index (κ3) is 6.66. The number of hydrogen-bond donors (Lipinski definition) is 3. The molecule has 0 aliphatic carbocycles. The Balaban J connectivity index is 2.86. The average molecular weight is 370 g/mol. The van der Waals surface area contributed by atoms with Gasteiger partial charge in [0, 0.05) is 24.8 Å². The monoisotopic (exact) mass is 369 g/mol. The molecule has 1 aromatic rings. The summed E-state index contributed by atoms with van der Waals surface area (Å²) in [6.07, 6.45) is 2.08. The van der Waals surface area contributed by atoms with Crippen molar-refractivity contribution in [3.63, 3.8) is 0 Å². The predicted octanol–water partition coefficient (Wildman–Crippen LogP) is 1.86. The van der Waals surface area contributed by atoms with E-state index in [1.807, 2.05) is 26.8 Å². The second-order valence-electron chi connectivity index (χ2n) is 6.74. The van der Waals surface area contributed by atoms with Crippen LogP contribution in [0.25, 0.3) is 0 Å².